The Hall–Kier alpha value is -0.990. The fourth-order valence-electron chi connectivity index (χ4n) is 3.13. The number of carbonyl (C=O) groups is 1. The van der Waals surface area contributed by atoms with Crippen molar-refractivity contribution < 1.29 is 4.79 Å². The molecule has 0 aromatic heterocycles. The van der Waals surface area contributed by atoms with Crippen molar-refractivity contribution in [3.05, 3.63) is 11.3 Å². The molecule has 1 aliphatic heterocycles. The molecule has 1 unspecified atom stereocenters. The Kier molecular flexibility index (Phi) is 4.94. The normalized spacial score (nSPS) is 21.9. The van der Waals surface area contributed by atoms with Crippen molar-refractivity contribution in [3.8, 4) is 0 Å². The molecule has 0 aromatic rings. The van der Waals surface area contributed by atoms with Crippen LogP contribution in [-0.2, 0) is 4.79 Å². The highest BCUT2D eigenvalue weighted by Gasteiger charge is 2.38. The van der Waals surface area contributed by atoms with E-state index in [0.717, 1.165) is 25.0 Å². The second-order valence-electron chi connectivity index (χ2n) is 7.99. The van der Waals surface area contributed by atoms with Gasteiger partial charge in [-0.25, -0.2) is 0 Å². The summed E-state index contributed by atoms with van der Waals surface area (Å²) in [6.45, 7) is 15.9. The Morgan fingerprint density at radius 3 is 2.10 bits per heavy atom. The molecule has 3 nitrogen and oxygen atoms in total. The van der Waals surface area contributed by atoms with Crippen molar-refractivity contribution in [2.45, 2.75) is 67.3 Å². The highest BCUT2D eigenvalue weighted by atomic mass is 16.1. The van der Waals surface area contributed by atoms with Gasteiger partial charge in [0.15, 0.2) is 0 Å². The van der Waals surface area contributed by atoms with Crippen LogP contribution in [0.4, 0.5) is 0 Å². The molecule has 0 saturated heterocycles. The second-order valence-corrected chi connectivity index (χ2v) is 7.99. The van der Waals surface area contributed by atoms with Gasteiger partial charge in [0.2, 0.25) is 5.91 Å². The van der Waals surface area contributed by atoms with Gasteiger partial charge in [0.05, 0.1) is 0 Å². The number of likely N-dealkylation sites (N-methyl/N-ethyl adjacent to an activating group) is 1. The average Bonchev–Trinajstić information content (AvgIpc) is 2.38. The average molecular weight is 280 g/mol. The third-order valence-corrected chi connectivity index (χ3v) is 3.94. The van der Waals surface area contributed by atoms with Crippen LogP contribution in [0.2, 0.25) is 0 Å². The van der Waals surface area contributed by atoms with Crippen LogP contribution < -0.4 is 5.32 Å². The summed E-state index contributed by atoms with van der Waals surface area (Å²) in [5.74, 6) is 0.105. The van der Waals surface area contributed by atoms with E-state index in [1.807, 2.05) is 0 Å². The van der Waals surface area contributed by atoms with Crippen molar-refractivity contribution in [2.75, 3.05) is 13.6 Å². The minimum atomic E-state index is -0.151. The Labute approximate surface area is 124 Å². The molecule has 0 aromatic carbocycles. The van der Waals surface area contributed by atoms with Crippen LogP contribution in [0.5, 0.6) is 0 Å². The van der Waals surface area contributed by atoms with Gasteiger partial charge in [0.25, 0.3) is 0 Å². The molecule has 0 bridgehead atoms. The first kappa shape index (κ1) is 17.1. The van der Waals surface area contributed by atoms with Gasteiger partial charge in [-0.2, -0.15) is 0 Å². The smallest absolute Gasteiger partial charge is 0.249 e. The lowest BCUT2D eigenvalue weighted by Gasteiger charge is -2.39. The molecule has 0 fully saturated rings. The largest absolute Gasteiger partial charge is 0.372 e. The van der Waals surface area contributed by atoms with Crippen LogP contribution in [-0.4, -0.2) is 30.4 Å². The number of amides is 1. The third kappa shape index (κ3) is 3.56. The number of carbonyl (C=O) groups excluding carboxylic acids is 1. The summed E-state index contributed by atoms with van der Waals surface area (Å²) in [6.07, 6.45) is 2.24. The summed E-state index contributed by atoms with van der Waals surface area (Å²) in [5.41, 5.74) is 1.94. The molecule has 116 valence electrons. The van der Waals surface area contributed by atoms with E-state index in [-0.39, 0.29) is 16.7 Å². The van der Waals surface area contributed by atoms with E-state index in [2.05, 4.69) is 65.7 Å². The summed E-state index contributed by atoms with van der Waals surface area (Å²) in [7, 11) is 2.15. The lowest BCUT2D eigenvalue weighted by molar-refractivity contribution is -0.118. The van der Waals surface area contributed by atoms with E-state index < -0.39 is 0 Å². The maximum atomic E-state index is 12.6. The zero-order chi connectivity index (χ0) is 15.7. The van der Waals surface area contributed by atoms with Crippen LogP contribution in [0.3, 0.4) is 0 Å². The molecule has 0 radical (unpaired) electrons. The van der Waals surface area contributed by atoms with Crippen molar-refractivity contribution >= 4 is 5.91 Å². The van der Waals surface area contributed by atoms with Crippen molar-refractivity contribution in [1.29, 1.82) is 0 Å². The van der Waals surface area contributed by atoms with Crippen LogP contribution in [0.25, 0.3) is 0 Å². The van der Waals surface area contributed by atoms with Gasteiger partial charge in [0, 0.05) is 36.3 Å². The number of nitrogens with zero attached hydrogens (tertiary/aromatic N) is 1. The molecule has 0 aliphatic carbocycles. The van der Waals surface area contributed by atoms with Crippen molar-refractivity contribution in [3.63, 3.8) is 0 Å². The fraction of sp³-hybridized carbons (Fsp3) is 0.824. The topological polar surface area (TPSA) is 32.3 Å². The lowest BCUT2D eigenvalue weighted by Crippen LogP contribution is -2.40. The van der Waals surface area contributed by atoms with Crippen LogP contribution in [0, 0.1) is 10.8 Å². The van der Waals surface area contributed by atoms with Crippen molar-refractivity contribution in [2.24, 2.45) is 10.8 Å². The molecule has 20 heavy (non-hydrogen) atoms. The molecule has 0 spiro atoms. The highest BCUT2D eigenvalue weighted by molar-refractivity contribution is 5.95. The number of nitrogens with one attached hydrogen (secondary N) is 1. The predicted molar refractivity (Wildman–Crippen MR) is 85.4 cm³/mol. The van der Waals surface area contributed by atoms with E-state index in [1.165, 1.54) is 5.70 Å². The third-order valence-electron chi connectivity index (χ3n) is 3.94. The van der Waals surface area contributed by atoms with Gasteiger partial charge in [-0.3, -0.25) is 4.79 Å². The van der Waals surface area contributed by atoms with Gasteiger partial charge in [-0.05, 0) is 11.8 Å². The molecule has 1 heterocycles. The van der Waals surface area contributed by atoms with Crippen LogP contribution >= 0.6 is 0 Å². The quantitative estimate of drug-likeness (QED) is 0.839. The van der Waals surface area contributed by atoms with Crippen LogP contribution in [0.1, 0.15) is 61.3 Å². The molecule has 1 N–H and O–H groups in total. The number of hydrogen-bond acceptors (Lipinski definition) is 2. The van der Waals surface area contributed by atoms with E-state index >= 15 is 0 Å². The molecule has 1 amide bonds. The molecule has 1 aliphatic rings. The Bertz CT molecular complexity index is 396. The summed E-state index contributed by atoms with van der Waals surface area (Å²) in [4.78, 5) is 15.0. The lowest BCUT2D eigenvalue weighted by atomic mass is 9.77. The molecular formula is C17H32N2O. The number of hydrogen-bond donors (Lipinski definition) is 1. The minimum Gasteiger partial charge on any atom is -0.372 e. The summed E-state index contributed by atoms with van der Waals surface area (Å²) >= 11 is 0. The first-order valence-electron chi connectivity index (χ1n) is 7.76. The molecule has 3 heteroatoms. The summed E-state index contributed by atoms with van der Waals surface area (Å²) in [6, 6.07) is 0.387. The molecule has 1 atom stereocenters. The number of allylic oxidation sites excluding steroid dienone is 1. The summed E-state index contributed by atoms with van der Waals surface area (Å²) < 4.78 is 0. The van der Waals surface area contributed by atoms with Gasteiger partial charge in [-0.15, -0.1) is 0 Å². The minimum absolute atomic E-state index is 0.0367. The molecular weight excluding hydrogens is 248 g/mol. The monoisotopic (exact) mass is 280 g/mol. The van der Waals surface area contributed by atoms with E-state index in [0.29, 0.717) is 6.04 Å². The maximum absolute atomic E-state index is 12.6. The van der Waals surface area contributed by atoms with E-state index in [1.54, 1.807) is 0 Å². The molecule has 1 rings (SSSR count). The zero-order valence-electron chi connectivity index (χ0n) is 14.6. The van der Waals surface area contributed by atoms with Gasteiger partial charge < -0.3 is 10.2 Å². The number of rotatable bonds is 2. The fourth-order valence-corrected chi connectivity index (χ4v) is 3.13. The van der Waals surface area contributed by atoms with E-state index in [4.69, 9.17) is 0 Å². The Morgan fingerprint density at radius 2 is 1.70 bits per heavy atom. The van der Waals surface area contributed by atoms with Gasteiger partial charge >= 0.3 is 0 Å². The van der Waals surface area contributed by atoms with E-state index in [9.17, 15) is 4.79 Å². The zero-order valence-corrected chi connectivity index (χ0v) is 14.6. The molecule has 0 saturated carbocycles. The SMILES string of the molecule is CCCC1CNC(=O)C(C(C)(C)C)=C(C(C)(C)C)N1C. The Balaban J connectivity index is 3.46. The first-order valence-corrected chi connectivity index (χ1v) is 7.76. The predicted octanol–water partition coefficient (Wildman–Crippen LogP) is 3.56. The van der Waals surface area contributed by atoms with Gasteiger partial charge in [0.1, 0.15) is 0 Å². The first-order chi connectivity index (χ1) is 9.00. The van der Waals surface area contributed by atoms with Gasteiger partial charge in [-0.1, -0.05) is 54.9 Å². The van der Waals surface area contributed by atoms with Crippen molar-refractivity contribution in [1.82, 2.24) is 10.2 Å². The maximum Gasteiger partial charge on any atom is 0.249 e. The standard InChI is InChI=1S/C17H32N2O/c1-9-10-12-11-18-15(20)13(16(2,3)4)14(19(12)8)17(5,6)7/h12H,9-11H2,1-8H3,(H,18,20). The van der Waals surface area contributed by atoms with Crippen LogP contribution in [0.15, 0.2) is 11.3 Å². The highest BCUT2D eigenvalue weighted by Crippen LogP contribution is 2.40. The summed E-state index contributed by atoms with van der Waals surface area (Å²) in [5, 5.41) is 3.13. The Morgan fingerprint density at radius 1 is 1.15 bits per heavy atom. The second kappa shape index (κ2) is 5.79.